The van der Waals surface area contributed by atoms with E-state index in [0.29, 0.717) is 18.5 Å². The summed E-state index contributed by atoms with van der Waals surface area (Å²) in [5.74, 6) is -0.539. The highest BCUT2D eigenvalue weighted by molar-refractivity contribution is 7.89. The minimum Gasteiger partial charge on any atom is -0.355 e. The topological polar surface area (TPSA) is 92.3 Å². The molecule has 7 heteroatoms. The lowest BCUT2D eigenvalue weighted by Gasteiger charge is -2.08. The molecular formula is C13H18N2O4S. The summed E-state index contributed by atoms with van der Waals surface area (Å²) in [6.07, 6.45) is 0.301. The maximum absolute atomic E-state index is 12.0. The highest BCUT2D eigenvalue weighted by Crippen LogP contribution is 2.12. The first-order chi connectivity index (χ1) is 9.40. The summed E-state index contributed by atoms with van der Waals surface area (Å²) in [5.41, 5.74) is 0.341. The number of hydrogen-bond acceptors (Lipinski definition) is 4. The van der Waals surface area contributed by atoms with Crippen LogP contribution in [0.1, 0.15) is 30.6 Å². The van der Waals surface area contributed by atoms with Crippen molar-refractivity contribution in [1.29, 1.82) is 0 Å². The van der Waals surface area contributed by atoms with Gasteiger partial charge in [0.15, 0.2) is 5.78 Å². The van der Waals surface area contributed by atoms with Crippen LogP contribution in [-0.2, 0) is 14.8 Å². The monoisotopic (exact) mass is 298 g/mol. The number of carbonyl (C=O) groups excluding carboxylic acids is 2. The smallest absolute Gasteiger partial charge is 0.241 e. The third-order valence-corrected chi connectivity index (χ3v) is 3.98. The molecule has 1 aromatic carbocycles. The third-order valence-electron chi connectivity index (χ3n) is 2.58. The van der Waals surface area contributed by atoms with Crippen LogP contribution in [0.2, 0.25) is 0 Å². The number of nitrogens with one attached hydrogen (secondary N) is 2. The van der Waals surface area contributed by atoms with Gasteiger partial charge in [0, 0.05) is 18.5 Å². The Hall–Kier alpha value is -1.73. The molecule has 0 aliphatic heterocycles. The lowest BCUT2D eigenvalue weighted by atomic mass is 10.1. The van der Waals surface area contributed by atoms with Crippen LogP contribution in [0, 0.1) is 0 Å². The molecule has 0 radical (unpaired) electrons. The lowest BCUT2D eigenvalue weighted by molar-refractivity contribution is -0.119. The van der Waals surface area contributed by atoms with Gasteiger partial charge in [0.2, 0.25) is 15.9 Å². The van der Waals surface area contributed by atoms with Gasteiger partial charge in [-0.3, -0.25) is 9.59 Å². The zero-order valence-corrected chi connectivity index (χ0v) is 12.3. The van der Waals surface area contributed by atoms with Crippen molar-refractivity contribution in [2.24, 2.45) is 0 Å². The summed E-state index contributed by atoms with van der Waals surface area (Å²) in [4.78, 5) is 22.8. The van der Waals surface area contributed by atoms with Crippen LogP contribution in [0.4, 0.5) is 0 Å². The number of benzene rings is 1. The van der Waals surface area contributed by atoms with E-state index in [2.05, 4.69) is 10.0 Å². The molecule has 0 saturated heterocycles. The predicted molar refractivity (Wildman–Crippen MR) is 74.9 cm³/mol. The number of carbonyl (C=O) groups is 2. The summed E-state index contributed by atoms with van der Waals surface area (Å²) in [6.45, 7) is 3.55. The van der Waals surface area contributed by atoms with Crippen molar-refractivity contribution < 1.29 is 18.0 Å². The Kier molecular flexibility index (Phi) is 5.84. The van der Waals surface area contributed by atoms with E-state index < -0.39 is 15.9 Å². The van der Waals surface area contributed by atoms with Crippen molar-refractivity contribution >= 4 is 21.7 Å². The fourth-order valence-electron chi connectivity index (χ4n) is 1.54. The van der Waals surface area contributed by atoms with Crippen molar-refractivity contribution in [1.82, 2.24) is 10.0 Å². The van der Waals surface area contributed by atoms with Crippen molar-refractivity contribution in [3.63, 3.8) is 0 Å². The Balaban J connectivity index is 2.87. The third kappa shape index (κ3) is 4.43. The summed E-state index contributed by atoms with van der Waals surface area (Å²) >= 11 is 0. The quantitative estimate of drug-likeness (QED) is 0.725. The van der Waals surface area contributed by atoms with E-state index in [0.717, 1.165) is 0 Å². The molecule has 0 fully saturated rings. The van der Waals surface area contributed by atoms with E-state index in [1.54, 1.807) is 19.9 Å². The zero-order chi connectivity index (χ0) is 15.2. The lowest BCUT2D eigenvalue weighted by Crippen LogP contribution is -2.36. The molecule has 0 aliphatic rings. The zero-order valence-electron chi connectivity index (χ0n) is 11.5. The second-order valence-electron chi connectivity index (χ2n) is 4.08. The van der Waals surface area contributed by atoms with Crippen LogP contribution >= 0.6 is 0 Å². The molecule has 0 unspecified atom stereocenters. The molecule has 0 atom stereocenters. The second-order valence-corrected chi connectivity index (χ2v) is 5.85. The fraction of sp³-hybridized carbons (Fsp3) is 0.385. The first-order valence-electron chi connectivity index (χ1n) is 6.30. The molecule has 2 N–H and O–H groups in total. The van der Waals surface area contributed by atoms with E-state index in [1.165, 1.54) is 18.2 Å². The number of likely N-dealkylation sites (N-methyl/N-ethyl adjacent to an activating group) is 1. The van der Waals surface area contributed by atoms with Crippen molar-refractivity contribution in [3.8, 4) is 0 Å². The van der Waals surface area contributed by atoms with E-state index in [9.17, 15) is 18.0 Å². The molecule has 0 aromatic heterocycles. The van der Waals surface area contributed by atoms with Gasteiger partial charge in [0.25, 0.3) is 0 Å². The predicted octanol–water partition coefficient (Wildman–Crippen LogP) is 0.694. The van der Waals surface area contributed by atoms with E-state index in [1.807, 2.05) is 0 Å². The molecule has 20 heavy (non-hydrogen) atoms. The van der Waals surface area contributed by atoms with E-state index in [-0.39, 0.29) is 17.2 Å². The van der Waals surface area contributed by atoms with Crippen LogP contribution in [0.3, 0.4) is 0 Å². The maximum atomic E-state index is 12.0. The minimum atomic E-state index is -3.80. The highest BCUT2D eigenvalue weighted by atomic mass is 32.2. The molecule has 1 aromatic rings. The molecule has 0 aliphatic carbocycles. The van der Waals surface area contributed by atoms with Crippen LogP contribution < -0.4 is 10.0 Å². The van der Waals surface area contributed by atoms with Crippen molar-refractivity contribution in [3.05, 3.63) is 29.8 Å². The average Bonchev–Trinajstić information content (AvgIpc) is 2.45. The fourth-order valence-corrected chi connectivity index (χ4v) is 2.57. The van der Waals surface area contributed by atoms with Crippen molar-refractivity contribution in [2.75, 3.05) is 13.1 Å². The normalized spacial score (nSPS) is 11.1. The van der Waals surface area contributed by atoms with Gasteiger partial charge in [0.05, 0.1) is 11.4 Å². The number of Topliss-reactive ketones (excluding diaryl/α,β-unsaturated/α-hetero) is 1. The SMILES string of the molecule is CCNC(=O)CNS(=O)(=O)c1cccc(C(=O)CC)c1. The van der Waals surface area contributed by atoms with Gasteiger partial charge in [-0.05, 0) is 19.1 Å². The molecule has 6 nitrogen and oxygen atoms in total. The Morgan fingerprint density at radius 3 is 2.50 bits per heavy atom. The summed E-state index contributed by atoms with van der Waals surface area (Å²) in [7, 11) is -3.80. The van der Waals surface area contributed by atoms with Crippen LogP contribution in [0.5, 0.6) is 0 Å². The Morgan fingerprint density at radius 2 is 1.90 bits per heavy atom. The van der Waals surface area contributed by atoms with Gasteiger partial charge in [0.1, 0.15) is 0 Å². The Morgan fingerprint density at radius 1 is 1.20 bits per heavy atom. The molecular weight excluding hydrogens is 280 g/mol. The molecule has 0 spiro atoms. The first kappa shape index (κ1) is 16.3. The van der Waals surface area contributed by atoms with Crippen molar-refractivity contribution in [2.45, 2.75) is 25.2 Å². The molecule has 1 rings (SSSR count). The van der Waals surface area contributed by atoms with Crippen LogP contribution in [-0.4, -0.2) is 33.2 Å². The standard InChI is InChI=1S/C13H18N2O4S/c1-3-12(16)10-6-5-7-11(8-10)20(18,19)15-9-13(17)14-4-2/h5-8,15H,3-4,9H2,1-2H3,(H,14,17). The van der Waals surface area contributed by atoms with Gasteiger partial charge in [-0.25, -0.2) is 13.1 Å². The van der Waals surface area contributed by atoms with E-state index in [4.69, 9.17) is 0 Å². The van der Waals surface area contributed by atoms with E-state index >= 15 is 0 Å². The number of hydrogen-bond donors (Lipinski definition) is 2. The second kappa shape index (κ2) is 7.16. The van der Waals surface area contributed by atoms with Gasteiger partial charge in [-0.1, -0.05) is 19.1 Å². The first-order valence-corrected chi connectivity index (χ1v) is 7.78. The summed E-state index contributed by atoms with van der Waals surface area (Å²) in [6, 6.07) is 5.76. The Labute approximate surface area is 118 Å². The summed E-state index contributed by atoms with van der Waals surface area (Å²) in [5, 5.41) is 2.49. The number of sulfonamides is 1. The van der Waals surface area contributed by atoms with Gasteiger partial charge in [-0.15, -0.1) is 0 Å². The van der Waals surface area contributed by atoms with Crippen LogP contribution in [0.25, 0.3) is 0 Å². The average molecular weight is 298 g/mol. The number of rotatable bonds is 7. The maximum Gasteiger partial charge on any atom is 0.241 e. The number of amides is 1. The molecule has 0 bridgehead atoms. The molecule has 0 heterocycles. The largest absolute Gasteiger partial charge is 0.355 e. The minimum absolute atomic E-state index is 0.0268. The van der Waals surface area contributed by atoms with Crippen LogP contribution in [0.15, 0.2) is 29.2 Å². The Bertz CT molecular complexity index is 596. The highest BCUT2D eigenvalue weighted by Gasteiger charge is 2.16. The molecule has 1 amide bonds. The molecule has 110 valence electrons. The van der Waals surface area contributed by atoms with Gasteiger partial charge < -0.3 is 5.32 Å². The van der Waals surface area contributed by atoms with Gasteiger partial charge >= 0.3 is 0 Å². The van der Waals surface area contributed by atoms with Gasteiger partial charge in [-0.2, -0.15) is 0 Å². The summed E-state index contributed by atoms with van der Waals surface area (Å²) < 4.78 is 26.2. The molecule has 0 saturated carbocycles. The number of ketones is 1.